The van der Waals surface area contributed by atoms with E-state index in [1.807, 2.05) is 30.0 Å². The van der Waals surface area contributed by atoms with Crippen molar-refractivity contribution in [3.63, 3.8) is 0 Å². The average molecular weight is 472 g/mol. The summed E-state index contributed by atoms with van der Waals surface area (Å²) in [4.78, 5) is 29.4. The Hall–Kier alpha value is -2.77. The number of rotatable bonds is 7. The largest absolute Gasteiger partial charge is 0.496 e. The number of ether oxygens (including phenoxy) is 2. The van der Waals surface area contributed by atoms with Crippen LogP contribution in [-0.2, 0) is 4.79 Å². The summed E-state index contributed by atoms with van der Waals surface area (Å²) in [5, 5.41) is 0.684. The van der Waals surface area contributed by atoms with Crippen LogP contribution in [0.3, 0.4) is 0 Å². The molecule has 0 spiro atoms. The van der Waals surface area contributed by atoms with Gasteiger partial charge in [-0.1, -0.05) is 29.8 Å². The molecule has 2 saturated heterocycles. The Morgan fingerprint density at radius 3 is 2.18 bits per heavy atom. The van der Waals surface area contributed by atoms with E-state index in [-0.39, 0.29) is 24.3 Å². The minimum atomic E-state index is -0.339. The molecule has 3 unspecified atom stereocenters. The molecule has 176 valence electrons. The SMILES string of the molecule is COc1cccc(OC)c1C(=O)N1CC2CN(C(CC(N)=O)c3ccc(C)c(Cl)c3)CC2C1. The van der Waals surface area contributed by atoms with Crippen molar-refractivity contribution < 1.29 is 19.1 Å². The summed E-state index contributed by atoms with van der Waals surface area (Å²) in [5.74, 6) is 1.25. The first kappa shape index (κ1) is 23.4. The lowest BCUT2D eigenvalue weighted by Gasteiger charge is -2.30. The Morgan fingerprint density at radius 1 is 1.06 bits per heavy atom. The molecular weight excluding hydrogens is 442 g/mol. The molecule has 0 radical (unpaired) electrons. The zero-order valence-electron chi connectivity index (χ0n) is 19.2. The minimum absolute atomic E-state index is 0.0794. The van der Waals surface area contributed by atoms with Gasteiger partial charge in [-0.2, -0.15) is 0 Å². The number of amides is 2. The number of carbonyl (C=O) groups is 2. The summed E-state index contributed by atoms with van der Waals surface area (Å²) in [5.41, 5.74) is 8.04. The highest BCUT2D eigenvalue weighted by Crippen LogP contribution is 2.39. The van der Waals surface area contributed by atoms with E-state index >= 15 is 0 Å². The molecule has 0 bridgehead atoms. The molecule has 2 N–H and O–H groups in total. The van der Waals surface area contributed by atoms with Crippen LogP contribution in [-0.4, -0.2) is 62.0 Å². The van der Waals surface area contributed by atoms with Crippen LogP contribution < -0.4 is 15.2 Å². The molecule has 2 heterocycles. The quantitative estimate of drug-likeness (QED) is 0.669. The smallest absolute Gasteiger partial charge is 0.261 e. The maximum atomic E-state index is 13.4. The predicted octanol–water partition coefficient (Wildman–Crippen LogP) is 3.29. The van der Waals surface area contributed by atoms with Gasteiger partial charge >= 0.3 is 0 Å². The second-order valence-corrected chi connectivity index (χ2v) is 9.32. The summed E-state index contributed by atoms with van der Waals surface area (Å²) < 4.78 is 10.8. The van der Waals surface area contributed by atoms with Gasteiger partial charge in [0.05, 0.1) is 14.2 Å². The zero-order valence-corrected chi connectivity index (χ0v) is 20.0. The molecule has 3 atom stereocenters. The third kappa shape index (κ3) is 4.66. The molecule has 2 aromatic carbocycles. The molecule has 33 heavy (non-hydrogen) atoms. The first-order chi connectivity index (χ1) is 15.8. The number of hydrogen-bond donors (Lipinski definition) is 1. The van der Waals surface area contributed by atoms with Crippen molar-refractivity contribution in [2.24, 2.45) is 17.6 Å². The lowest BCUT2D eigenvalue weighted by atomic mass is 10.0. The van der Waals surface area contributed by atoms with Gasteiger partial charge < -0.3 is 20.1 Å². The molecule has 7 nitrogen and oxygen atoms in total. The Bertz CT molecular complexity index is 1020. The highest BCUT2D eigenvalue weighted by molar-refractivity contribution is 6.31. The number of carbonyl (C=O) groups excluding carboxylic acids is 2. The molecule has 4 rings (SSSR count). The van der Waals surface area contributed by atoms with E-state index in [2.05, 4.69) is 4.90 Å². The lowest BCUT2D eigenvalue weighted by Crippen LogP contribution is -2.36. The van der Waals surface area contributed by atoms with Crippen LogP contribution >= 0.6 is 11.6 Å². The number of fused-ring (bicyclic) bond motifs is 1. The second kappa shape index (κ2) is 9.61. The van der Waals surface area contributed by atoms with Crippen molar-refractivity contribution in [2.75, 3.05) is 40.4 Å². The third-order valence-electron chi connectivity index (χ3n) is 6.86. The molecule has 2 amide bonds. The Balaban J connectivity index is 1.50. The first-order valence-electron chi connectivity index (χ1n) is 11.1. The fourth-order valence-corrected chi connectivity index (χ4v) is 5.32. The van der Waals surface area contributed by atoms with Gasteiger partial charge in [0, 0.05) is 43.7 Å². The van der Waals surface area contributed by atoms with Gasteiger partial charge in [-0.15, -0.1) is 0 Å². The Labute approximate surface area is 199 Å². The molecule has 2 aromatic rings. The second-order valence-electron chi connectivity index (χ2n) is 8.92. The molecule has 8 heteroatoms. The van der Waals surface area contributed by atoms with E-state index in [1.54, 1.807) is 32.4 Å². The highest BCUT2D eigenvalue weighted by atomic mass is 35.5. The maximum absolute atomic E-state index is 13.4. The fourth-order valence-electron chi connectivity index (χ4n) is 5.13. The molecule has 0 aliphatic carbocycles. The molecule has 2 aliphatic heterocycles. The monoisotopic (exact) mass is 471 g/mol. The summed E-state index contributed by atoms with van der Waals surface area (Å²) in [6, 6.07) is 11.2. The summed E-state index contributed by atoms with van der Waals surface area (Å²) in [7, 11) is 3.11. The van der Waals surface area contributed by atoms with Crippen molar-refractivity contribution >= 4 is 23.4 Å². The highest BCUT2D eigenvalue weighted by Gasteiger charge is 2.44. The third-order valence-corrected chi connectivity index (χ3v) is 7.27. The Kier molecular flexibility index (Phi) is 6.81. The van der Waals surface area contributed by atoms with Crippen molar-refractivity contribution in [1.82, 2.24) is 9.80 Å². The van der Waals surface area contributed by atoms with E-state index in [4.69, 9.17) is 26.8 Å². The van der Waals surface area contributed by atoms with Crippen molar-refractivity contribution in [2.45, 2.75) is 19.4 Å². The normalized spacial score (nSPS) is 21.0. The van der Waals surface area contributed by atoms with Crippen LogP contribution in [0.15, 0.2) is 36.4 Å². The van der Waals surface area contributed by atoms with Crippen molar-refractivity contribution in [3.05, 3.63) is 58.1 Å². The number of hydrogen-bond acceptors (Lipinski definition) is 5. The van der Waals surface area contributed by atoms with Crippen LogP contribution in [0.1, 0.15) is 33.9 Å². The van der Waals surface area contributed by atoms with Gasteiger partial charge in [-0.3, -0.25) is 14.5 Å². The van der Waals surface area contributed by atoms with Gasteiger partial charge in [-0.25, -0.2) is 0 Å². The van der Waals surface area contributed by atoms with E-state index < -0.39 is 0 Å². The van der Waals surface area contributed by atoms with Gasteiger partial charge in [0.15, 0.2) is 0 Å². The zero-order chi connectivity index (χ0) is 23.7. The molecule has 2 aliphatic rings. The Morgan fingerprint density at radius 2 is 1.67 bits per heavy atom. The van der Waals surface area contributed by atoms with Gasteiger partial charge in [0.25, 0.3) is 5.91 Å². The number of methoxy groups -OCH3 is 2. The number of likely N-dealkylation sites (tertiary alicyclic amines) is 2. The number of nitrogens with zero attached hydrogens (tertiary/aromatic N) is 2. The number of nitrogens with two attached hydrogens (primary N) is 1. The standard InChI is InChI=1S/C25H30ClN3O4/c1-15-7-8-16(9-19(15)26)20(10-23(27)30)28-11-17-13-29(14-18(17)12-28)25(31)24-21(32-2)5-4-6-22(24)33-3/h4-9,17-18,20H,10-14H2,1-3H3,(H2,27,30). The number of benzene rings is 2. The van der Waals surface area contributed by atoms with Crippen LogP contribution in [0.5, 0.6) is 11.5 Å². The van der Waals surface area contributed by atoms with E-state index in [0.717, 1.165) is 24.2 Å². The maximum Gasteiger partial charge on any atom is 0.261 e. The van der Waals surface area contributed by atoms with Gasteiger partial charge in [0.2, 0.25) is 5.91 Å². The van der Waals surface area contributed by atoms with E-state index in [1.165, 1.54) is 0 Å². The van der Waals surface area contributed by atoms with Crippen molar-refractivity contribution in [1.29, 1.82) is 0 Å². The number of aryl methyl sites for hydroxylation is 1. The summed E-state index contributed by atoms with van der Waals surface area (Å²) >= 11 is 6.36. The first-order valence-corrected chi connectivity index (χ1v) is 11.5. The molecule has 0 aromatic heterocycles. The topological polar surface area (TPSA) is 85.1 Å². The number of halogens is 1. The minimum Gasteiger partial charge on any atom is -0.496 e. The van der Waals surface area contributed by atoms with Crippen LogP contribution in [0, 0.1) is 18.8 Å². The molecular formula is C25H30ClN3O4. The molecule has 2 fully saturated rings. The van der Waals surface area contributed by atoms with Crippen LogP contribution in [0.25, 0.3) is 0 Å². The molecule has 0 saturated carbocycles. The van der Waals surface area contributed by atoms with Gasteiger partial charge in [-0.05, 0) is 48.1 Å². The summed E-state index contributed by atoms with van der Waals surface area (Å²) in [6.45, 7) is 4.85. The van der Waals surface area contributed by atoms with Crippen LogP contribution in [0.4, 0.5) is 0 Å². The van der Waals surface area contributed by atoms with Crippen LogP contribution in [0.2, 0.25) is 5.02 Å². The van der Waals surface area contributed by atoms with E-state index in [9.17, 15) is 9.59 Å². The average Bonchev–Trinajstić information content (AvgIpc) is 3.37. The van der Waals surface area contributed by atoms with Crippen molar-refractivity contribution in [3.8, 4) is 11.5 Å². The lowest BCUT2D eigenvalue weighted by molar-refractivity contribution is -0.119. The van der Waals surface area contributed by atoms with Gasteiger partial charge in [0.1, 0.15) is 17.1 Å². The number of primary amides is 1. The predicted molar refractivity (Wildman–Crippen MR) is 127 cm³/mol. The summed E-state index contributed by atoms with van der Waals surface area (Å²) in [6.07, 6.45) is 0.236. The fraction of sp³-hybridized carbons (Fsp3) is 0.440. The van der Waals surface area contributed by atoms with E-state index in [0.29, 0.717) is 47.0 Å².